The number of rotatable bonds is 3. The maximum absolute atomic E-state index is 11.4. The second-order valence-corrected chi connectivity index (χ2v) is 6.25. The van der Waals surface area contributed by atoms with Crippen molar-refractivity contribution in [1.82, 2.24) is 0 Å². The third-order valence-corrected chi connectivity index (χ3v) is 4.36. The van der Waals surface area contributed by atoms with Crippen LogP contribution in [-0.4, -0.2) is 34.7 Å². The van der Waals surface area contributed by atoms with Crippen molar-refractivity contribution in [3.05, 3.63) is 18.2 Å². The van der Waals surface area contributed by atoms with E-state index in [1.54, 1.807) is 13.2 Å². The van der Waals surface area contributed by atoms with Gasteiger partial charge in [0.15, 0.2) is 0 Å². The van der Waals surface area contributed by atoms with Crippen LogP contribution in [-0.2, 0) is 14.8 Å². The van der Waals surface area contributed by atoms with Gasteiger partial charge in [0.25, 0.3) is 0 Å². The van der Waals surface area contributed by atoms with Crippen molar-refractivity contribution in [2.75, 3.05) is 30.8 Å². The number of nitrogens with zero attached hydrogens (tertiary/aromatic N) is 1. The van der Waals surface area contributed by atoms with E-state index in [1.807, 2.05) is 0 Å². The average Bonchev–Trinajstić information content (AvgIpc) is 2.38. The molecule has 0 amide bonds. The number of methoxy groups -OCH3 is 1. The number of hydrogen-bond donors (Lipinski definition) is 2. The Morgan fingerprint density at radius 2 is 1.95 bits per heavy atom. The lowest BCUT2D eigenvalue weighted by Crippen LogP contribution is -2.37. The SMILES string of the molecule is COC1CCN(c2cc(S(N)(=O)=O)ccc2N)CC1. The molecule has 1 aromatic rings. The van der Waals surface area contributed by atoms with Gasteiger partial charge >= 0.3 is 0 Å². The van der Waals surface area contributed by atoms with Gasteiger partial charge in [-0.1, -0.05) is 0 Å². The molecule has 4 N–H and O–H groups in total. The maximum atomic E-state index is 11.4. The minimum atomic E-state index is -3.70. The maximum Gasteiger partial charge on any atom is 0.238 e. The van der Waals surface area contributed by atoms with Crippen molar-refractivity contribution in [2.24, 2.45) is 5.14 Å². The first-order chi connectivity index (χ1) is 8.91. The second kappa shape index (κ2) is 5.36. The zero-order chi connectivity index (χ0) is 14.0. The van der Waals surface area contributed by atoms with Gasteiger partial charge in [-0.15, -0.1) is 0 Å². The van der Waals surface area contributed by atoms with Crippen LogP contribution < -0.4 is 15.8 Å². The van der Waals surface area contributed by atoms with Gasteiger partial charge < -0.3 is 15.4 Å². The normalized spacial score (nSPS) is 17.7. The molecule has 1 aliphatic rings. The van der Waals surface area contributed by atoms with Gasteiger partial charge in [0, 0.05) is 20.2 Å². The highest BCUT2D eigenvalue weighted by Gasteiger charge is 2.21. The second-order valence-electron chi connectivity index (χ2n) is 4.69. The Morgan fingerprint density at radius 1 is 1.32 bits per heavy atom. The Bertz CT molecular complexity index is 551. The Hall–Kier alpha value is -1.31. The van der Waals surface area contributed by atoms with Crippen molar-refractivity contribution in [3.8, 4) is 0 Å². The molecule has 1 fully saturated rings. The molecule has 0 saturated carbocycles. The lowest BCUT2D eigenvalue weighted by molar-refractivity contribution is 0.0819. The van der Waals surface area contributed by atoms with Crippen molar-refractivity contribution >= 4 is 21.4 Å². The average molecular weight is 285 g/mol. The number of primary sulfonamides is 1. The van der Waals surface area contributed by atoms with E-state index in [2.05, 4.69) is 4.90 Å². The number of nitrogens with two attached hydrogens (primary N) is 2. The third-order valence-electron chi connectivity index (χ3n) is 3.45. The molecule has 0 aliphatic carbocycles. The molecule has 0 atom stereocenters. The van der Waals surface area contributed by atoms with Crippen molar-refractivity contribution in [2.45, 2.75) is 23.8 Å². The van der Waals surface area contributed by atoms with E-state index in [-0.39, 0.29) is 11.0 Å². The van der Waals surface area contributed by atoms with Crippen LogP contribution in [0, 0.1) is 0 Å². The van der Waals surface area contributed by atoms with Crippen LogP contribution in [0.5, 0.6) is 0 Å². The molecule has 7 heteroatoms. The van der Waals surface area contributed by atoms with Crippen molar-refractivity contribution in [1.29, 1.82) is 0 Å². The summed E-state index contributed by atoms with van der Waals surface area (Å²) in [4.78, 5) is 2.16. The standard InChI is InChI=1S/C12H19N3O3S/c1-18-9-4-6-15(7-5-9)12-8-10(19(14,16)17)2-3-11(12)13/h2-3,8-9H,4-7,13H2,1H3,(H2,14,16,17). The Balaban J connectivity index is 2.25. The number of nitrogen functional groups attached to an aromatic ring is 1. The lowest BCUT2D eigenvalue weighted by atomic mass is 10.1. The van der Waals surface area contributed by atoms with E-state index in [0.717, 1.165) is 31.6 Å². The molecule has 1 aliphatic heterocycles. The van der Waals surface area contributed by atoms with Gasteiger partial charge in [0.2, 0.25) is 10.0 Å². The molecular formula is C12H19N3O3S. The molecule has 6 nitrogen and oxygen atoms in total. The van der Waals surface area contributed by atoms with Gasteiger partial charge in [-0.3, -0.25) is 0 Å². The minimum absolute atomic E-state index is 0.0885. The summed E-state index contributed by atoms with van der Waals surface area (Å²) >= 11 is 0. The van der Waals surface area contributed by atoms with E-state index in [4.69, 9.17) is 15.6 Å². The van der Waals surface area contributed by atoms with Crippen LogP contribution in [0.25, 0.3) is 0 Å². The first-order valence-electron chi connectivity index (χ1n) is 6.12. The summed E-state index contributed by atoms with van der Waals surface area (Å²) in [5.74, 6) is 0. The number of ether oxygens (including phenoxy) is 1. The molecule has 2 rings (SSSR count). The smallest absolute Gasteiger partial charge is 0.238 e. The van der Waals surface area contributed by atoms with Crippen LogP contribution in [0.1, 0.15) is 12.8 Å². The molecular weight excluding hydrogens is 266 g/mol. The number of anilines is 2. The Kier molecular flexibility index (Phi) is 3.98. The zero-order valence-electron chi connectivity index (χ0n) is 10.9. The van der Waals surface area contributed by atoms with Gasteiger partial charge in [0.05, 0.1) is 22.4 Å². The first-order valence-corrected chi connectivity index (χ1v) is 7.66. The lowest BCUT2D eigenvalue weighted by Gasteiger charge is -2.33. The van der Waals surface area contributed by atoms with Crippen LogP contribution >= 0.6 is 0 Å². The summed E-state index contributed by atoms with van der Waals surface area (Å²) in [5, 5.41) is 5.14. The van der Waals surface area contributed by atoms with Crippen LogP contribution in [0.3, 0.4) is 0 Å². The highest BCUT2D eigenvalue weighted by atomic mass is 32.2. The molecule has 1 heterocycles. The minimum Gasteiger partial charge on any atom is -0.397 e. The first kappa shape index (κ1) is 14.1. The monoisotopic (exact) mass is 285 g/mol. The fourth-order valence-electron chi connectivity index (χ4n) is 2.31. The Morgan fingerprint density at radius 3 is 2.47 bits per heavy atom. The van der Waals surface area contributed by atoms with E-state index in [0.29, 0.717) is 5.69 Å². The van der Waals surface area contributed by atoms with E-state index < -0.39 is 10.0 Å². The van der Waals surface area contributed by atoms with Crippen molar-refractivity contribution < 1.29 is 13.2 Å². The Labute approximate surface area is 113 Å². The topological polar surface area (TPSA) is 98.6 Å². The summed E-state index contributed by atoms with van der Waals surface area (Å²) in [7, 11) is -2.00. The molecule has 0 radical (unpaired) electrons. The molecule has 1 saturated heterocycles. The molecule has 0 unspecified atom stereocenters. The van der Waals surface area contributed by atoms with Crippen LogP contribution in [0.2, 0.25) is 0 Å². The van der Waals surface area contributed by atoms with E-state index in [9.17, 15) is 8.42 Å². The van der Waals surface area contributed by atoms with E-state index >= 15 is 0 Å². The van der Waals surface area contributed by atoms with Gasteiger partial charge in [-0.2, -0.15) is 0 Å². The summed E-state index contributed by atoms with van der Waals surface area (Å²) in [6.07, 6.45) is 2.06. The molecule has 0 bridgehead atoms. The molecule has 0 spiro atoms. The number of benzene rings is 1. The van der Waals surface area contributed by atoms with Crippen LogP contribution in [0.15, 0.2) is 23.1 Å². The third kappa shape index (κ3) is 3.17. The van der Waals surface area contributed by atoms with Crippen LogP contribution in [0.4, 0.5) is 11.4 Å². The summed E-state index contributed by atoms with van der Waals surface area (Å²) in [6, 6.07) is 4.55. The van der Waals surface area contributed by atoms with E-state index in [1.165, 1.54) is 12.1 Å². The fourth-order valence-corrected chi connectivity index (χ4v) is 2.84. The number of hydrogen-bond acceptors (Lipinski definition) is 5. The predicted molar refractivity (Wildman–Crippen MR) is 74.5 cm³/mol. The zero-order valence-corrected chi connectivity index (χ0v) is 11.7. The van der Waals surface area contributed by atoms with Gasteiger partial charge in [0.1, 0.15) is 0 Å². The van der Waals surface area contributed by atoms with Gasteiger partial charge in [-0.25, -0.2) is 13.6 Å². The molecule has 19 heavy (non-hydrogen) atoms. The molecule has 1 aromatic carbocycles. The fraction of sp³-hybridized carbons (Fsp3) is 0.500. The molecule has 106 valence electrons. The number of piperidine rings is 1. The number of sulfonamides is 1. The van der Waals surface area contributed by atoms with Crippen molar-refractivity contribution in [3.63, 3.8) is 0 Å². The highest BCUT2D eigenvalue weighted by Crippen LogP contribution is 2.29. The largest absolute Gasteiger partial charge is 0.397 e. The quantitative estimate of drug-likeness (QED) is 0.789. The summed E-state index contributed by atoms with van der Waals surface area (Å²) in [5.41, 5.74) is 7.20. The molecule has 0 aromatic heterocycles. The predicted octanol–water partition coefficient (Wildman–Crippen LogP) is 0.531. The summed E-state index contributed by atoms with van der Waals surface area (Å²) in [6.45, 7) is 1.58. The summed E-state index contributed by atoms with van der Waals surface area (Å²) < 4.78 is 28.1. The highest BCUT2D eigenvalue weighted by molar-refractivity contribution is 7.89. The van der Waals surface area contributed by atoms with Gasteiger partial charge in [-0.05, 0) is 31.0 Å².